The van der Waals surface area contributed by atoms with Crippen LogP contribution in [-0.4, -0.2) is 66.2 Å². The summed E-state index contributed by atoms with van der Waals surface area (Å²) in [5.41, 5.74) is 0. The van der Waals surface area contributed by atoms with Gasteiger partial charge in [-0.15, -0.1) is 0 Å². The number of hydrogen-bond acceptors (Lipinski definition) is 3. The van der Waals surface area contributed by atoms with Gasteiger partial charge >= 0.3 is 12.0 Å². The molecule has 1 fully saturated rings. The number of carboxylic acids is 1. The predicted octanol–water partition coefficient (Wildman–Crippen LogP) is 1.37. The maximum absolute atomic E-state index is 12.2. The molecule has 2 N–H and O–H groups in total. The molecule has 6 heteroatoms. The van der Waals surface area contributed by atoms with Crippen molar-refractivity contribution < 1.29 is 14.7 Å². The molecule has 0 aromatic rings. The zero-order valence-corrected chi connectivity index (χ0v) is 12.8. The Labute approximate surface area is 121 Å². The number of nitrogens with zero attached hydrogens (tertiary/aromatic N) is 2. The van der Waals surface area contributed by atoms with Crippen LogP contribution in [0.4, 0.5) is 4.79 Å². The summed E-state index contributed by atoms with van der Waals surface area (Å²) in [6.45, 7) is 3.54. The number of unbranched alkanes of at least 4 members (excludes halogenated alkanes) is 1. The number of carboxylic acid groups (broad SMARTS) is 1. The molecular formula is C14H27N3O3. The Morgan fingerprint density at radius 3 is 2.70 bits per heavy atom. The fourth-order valence-corrected chi connectivity index (χ4v) is 2.61. The smallest absolute Gasteiger partial charge is 0.326 e. The lowest BCUT2D eigenvalue weighted by atomic mass is 10.1. The summed E-state index contributed by atoms with van der Waals surface area (Å²) in [5, 5.41) is 11.8. The molecule has 1 rings (SSSR count). The quantitative estimate of drug-likeness (QED) is 0.741. The molecule has 6 nitrogen and oxygen atoms in total. The van der Waals surface area contributed by atoms with Gasteiger partial charge in [0.05, 0.1) is 0 Å². The van der Waals surface area contributed by atoms with E-state index in [4.69, 9.17) is 5.11 Å². The Balaban J connectivity index is 2.56. The van der Waals surface area contributed by atoms with Gasteiger partial charge in [-0.05, 0) is 33.4 Å². The maximum atomic E-state index is 12.2. The van der Waals surface area contributed by atoms with Crippen molar-refractivity contribution >= 4 is 12.0 Å². The van der Waals surface area contributed by atoms with Crippen LogP contribution < -0.4 is 5.32 Å². The van der Waals surface area contributed by atoms with E-state index in [2.05, 4.69) is 10.2 Å². The van der Waals surface area contributed by atoms with Crippen molar-refractivity contribution in [2.45, 2.75) is 51.1 Å². The highest BCUT2D eigenvalue weighted by Gasteiger charge is 2.31. The number of likely N-dealkylation sites (tertiary alicyclic amines) is 1. The van der Waals surface area contributed by atoms with E-state index in [1.807, 2.05) is 21.0 Å². The molecule has 0 spiro atoms. The van der Waals surface area contributed by atoms with E-state index in [1.54, 1.807) is 4.90 Å². The first-order chi connectivity index (χ1) is 9.45. The van der Waals surface area contributed by atoms with Gasteiger partial charge in [-0.2, -0.15) is 0 Å². The zero-order chi connectivity index (χ0) is 15.1. The predicted molar refractivity (Wildman–Crippen MR) is 77.8 cm³/mol. The van der Waals surface area contributed by atoms with Crippen LogP contribution in [0.3, 0.4) is 0 Å². The van der Waals surface area contributed by atoms with Gasteiger partial charge in [-0.3, -0.25) is 0 Å². The number of rotatable bonds is 7. The fourth-order valence-electron chi connectivity index (χ4n) is 2.61. The van der Waals surface area contributed by atoms with Crippen molar-refractivity contribution in [3.63, 3.8) is 0 Å². The zero-order valence-electron chi connectivity index (χ0n) is 12.8. The van der Waals surface area contributed by atoms with Crippen LogP contribution in [0.25, 0.3) is 0 Å². The molecular weight excluding hydrogens is 258 g/mol. The monoisotopic (exact) mass is 285 g/mol. The van der Waals surface area contributed by atoms with Gasteiger partial charge in [0.25, 0.3) is 0 Å². The highest BCUT2D eigenvalue weighted by molar-refractivity contribution is 5.82. The molecule has 0 aromatic carbocycles. The number of nitrogens with one attached hydrogen (secondary N) is 1. The third kappa shape index (κ3) is 5.00. The van der Waals surface area contributed by atoms with Crippen molar-refractivity contribution in [1.29, 1.82) is 0 Å². The highest BCUT2D eigenvalue weighted by Crippen LogP contribution is 2.18. The number of carbonyl (C=O) groups is 2. The minimum atomic E-state index is -0.949. The minimum Gasteiger partial charge on any atom is -0.480 e. The Morgan fingerprint density at radius 1 is 1.45 bits per heavy atom. The van der Waals surface area contributed by atoms with Crippen LogP contribution in [0, 0.1) is 0 Å². The molecule has 1 aliphatic heterocycles. The average molecular weight is 285 g/mol. The first kappa shape index (κ1) is 16.8. The minimum absolute atomic E-state index is 0.186. The van der Waals surface area contributed by atoms with Crippen LogP contribution in [0.1, 0.15) is 39.0 Å². The number of amides is 2. The number of likely N-dealkylation sites (N-methyl/N-ethyl adjacent to an activating group) is 1. The maximum Gasteiger partial charge on any atom is 0.326 e. The summed E-state index contributed by atoms with van der Waals surface area (Å²) in [5.74, 6) is -0.949. The molecule has 2 amide bonds. The largest absolute Gasteiger partial charge is 0.480 e. The summed E-state index contributed by atoms with van der Waals surface area (Å²) in [6, 6.07) is -0.827. The van der Waals surface area contributed by atoms with Gasteiger partial charge in [0.15, 0.2) is 0 Å². The van der Waals surface area contributed by atoms with Crippen molar-refractivity contribution in [2.24, 2.45) is 0 Å². The van der Waals surface area contributed by atoms with Crippen molar-refractivity contribution in [2.75, 3.05) is 27.2 Å². The van der Waals surface area contributed by atoms with E-state index >= 15 is 0 Å². The molecule has 2 atom stereocenters. The normalized spacial score (nSPS) is 20.2. The second-order valence-corrected chi connectivity index (χ2v) is 5.73. The van der Waals surface area contributed by atoms with Gasteiger partial charge in [-0.1, -0.05) is 19.8 Å². The highest BCUT2D eigenvalue weighted by atomic mass is 16.4. The number of aliphatic carboxylic acids is 1. The van der Waals surface area contributed by atoms with E-state index < -0.39 is 12.0 Å². The molecule has 0 bridgehead atoms. The third-order valence-electron chi connectivity index (χ3n) is 3.66. The van der Waals surface area contributed by atoms with Crippen LogP contribution in [0.5, 0.6) is 0 Å². The van der Waals surface area contributed by atoms with Gasteiger partial charge < -0.3 is 20.2 Å². The van der Waals surface area contributed by atoms with E-state index in [-0.39, 0.29) is 12.1 Å². The van der Waals surface area contributed by atoms with E-state index in [0.717, 1.165) is 32.2 Å². The molecule has 1 heterocycles. The van der Waals surface area contributed by atoms with E-state index in [1.165, 1.54) is 0 Å². The molecule has 1 saturated heterocycles. The summed E-state index contributed by atoms with van der Waals surface area (Å²) in [7, 11) is 3.96. The van der Waals surface area contributed by atoms with Crippen LogP contribution in [-0.2, 0) is 4.79 Å². The van der Waals surface area contributed by atoms with Crippen molar-refractivity contribution in [1.82, 2.24) is 15.1 Å². The number of hydrogen-bond donors (Lipinski definition) is 2. The average Bonchev–Trinajstić information content (AvgIpc) is 2.81. The molecule has 1 unspecified atom stereocenters. The second kappa shape index (κ2) is 8.09. The standard InChI is InChI=1S/C14H27N3O3/c1-4-5-8-12(13(18)19)15-14(20)17-9-6-7-11(17)10-16(2)3/h11-12H,4-10H2,1-3H3,(H,15,20)(H,18,19)/t11?,12-/m0/s1. The summed E-state index contributed by atoms with van der Waals surface area (Å²) in [6.07, 6.45) is 4.19. The van der Waals surface area contributed by atoms with E-state index in [0.29, 0.717) is 13.0 Å². The first-order valence-corrected chi connectivity index (χ1v) is 7.40. The molecule has 0 aromatic heterocycles. The van der Waals surface area contributed by atoms with Gasteiger partial charge in [-0.25, -0.2) is 9.59 Å². The fraction of sp³-hybridized carbons (Fsp3) is 0.857. The lowest BCUT2D eigenvalue weighted by Gasteiger charge is -2.28. The molecule has 20 heavy (non-hydrogen) atoms. The topological polar surface area (TPSA) is 72.9 Å². The SMILES string of the molecule is CCCC[C@H](NC(=O)N1CCCC1CN(C)C)C(=O)O. The molecule has 0 radical (unpaired) electrons. The summed E-state index contributed by atoms with van der Waals surface area (Å²) < 4.78 is 0. The van der Waals surface area contributed by atoms with Gasteiger partial charge in [0, 0.05) is 19.1 Å². The first-order valence-electron chi connectivity index (χ1n) is 7.40. The lowest BCUT2D eigenvalue weighted by Crippen LogP contribution is -2.51. The molecule has 0 saturated carbocycles. The lowest BCUT2D eigenvalue weighted by molar-refractivity contribution is -0.139. The van der Waals surface area contributed by atoms with Crippen LogP contribution >= 0.6 is 0 Å². The molecule has 116 valence electrons. The molecule has 1 aliphatic rings. The Hall–Kier alpha value is -1.30. The Morgan fingerprint density at radius 2 is 2.15 bits per heavy atom. The third-order valence-corrected chi connectivity index (χ3v) is 3.66. The number of urea groups is 1. The van der Waals surface area contributed by atoms with Crippen molar-refractivity contribution in [3.8, 4) is 0 Å². The molecule has 0 aliphatic carbocycles. The Kier molecular flexibility index (Phi) is 6.78. The van der Waals surface area contributed by atoms with Crippen molar-refractivity contribution in [3.05, 3.63) is 0 Å². The van der Waals surface area contributed by atoms with E-state index in [9.17, 15) is 9.59 Å². The van der Waals surface area contributed by atoms with Gasteiger partial charge in [0.2, 0.25) is 0 Å². The second-order valence-electron chi connectivity index (χ2n) is 5.73. The summed E-state index contributed by atoms with van der Waals surface area (Å²) >= 11 is 0. The van der Waals surface area contributed by atoms with Gasteiger partial charge in [0.1, 0.15) is 6.04 Å². The van der Waals surface area contributed by atoms with Crippen LogP contribution in [0.15, 0.2) is 0 Å². The van der Waals surface area contributed by atoms with Crippen LogP contribution in [0.2, 0.25) is 0 Å². The Bertz CT molecular complexity index is 334. The summed E-state index contributed by atoms with van der Waals surface area (Å²) in [4.78, 5) is 27.3. The number of carbonyl (C=O) groups excluding carboxylic acids is 1.